The topological polar surface area (TPSA) is 125 Å². The van der Waals surface area contributed by atoms with Crippen LogP contribution in [0.4, 0.5) is 0 Å². The Morgan fingerprint density at radius 3 is 2.58 bits per heavy atom. The van der Waals surface area contributed by atoms with Crippen molar-refractivity contribution in [2.45, 2.75) is 19.4 Å². The third-order valence-electron chi connectivity index (χ3n) is 4.61. The van der Waals surface area contributed by atoms with Crippen molar-refractivity contribution in [3.8, 4) is 11.5 Å². The summed E-state index contributed by atoms with van der Waals surface area (Å²) in [4.78, 5) is 40.7. The van der Waals surface area contributed by atoms with Gasteiger partial charge in [0.05, 0.1) is 37.7 Å². The number of aryl methyl sites for hydroxylation is 1. The predicted molar refractivity (Wildman–Crippen MR) is 112 cm³/mol. The zero-order chi connectivity index (χ0) is 22.2. The van der Waals surface area contributed by atoms with E-state index in [1.807, 2.05) is 0 Å². The predicted octanol–water partition coefficient (Wildman–Crippen LogP) is 1.33. The van der Waals surface area contributed by atoms with Crippen LogP contribution in [-0.2, 0) is 11.3 Å². The lowest BCUT2D eigenvalue weighted by molar-refractivity contribution is -0.121. The van der Waals surface area contributed by atoms with E-state index in [0.717, 1.165) is 0 Å². The molecule has 0 spiro atoms. The normalized spacial score (nSPS) is 10.6. The Labute approximate surface area is 178 Å². The Morgan fingerprint density at radius 1 is 1.13 bits per heavy atom. The second-order valence-corrected chi connectivity index (χ2v) is 6.65. The minimum Gasteiger partial charge on any atom is -0.493 e. The fraction of sp³-hybridized carbons (Fsp3) is 0.333. The molecule has 1 aromatic carbocycles. The van der Waals surface area contributed by atoms with Crippen molar-refractivity contribution in [2.75, 3.05) is 27.3 Å². The molecule has 2 aromatic heterocycles. The number of furan rings is 1. The molecule has 0 fully saturated rings. The molecule has 2 amide bonds. The van der Waals surface area contributed by atoms with Crippen molar-refractivity contribution in [3.63, 3.8) is 0 Å². The second kappa shape index (κ2) is 10.3. The number of amides is 2. The van der Waals surface area contributed by atoms with Gasteiger partial charge in [0.25, 0.3) is 11.5 Å². The quantitative estimate of drug-likeness (QED) is 0.467. The summed E-state index contributed by atoms with van der Waals surface area (Å²) in [6.45, 7) is 0.924. The minimum atomic E-state index is -0.336. The maximum Gasteiger partial charge on any atom is 0.287 e. The van der Waals surface area contributed by atoms with E-state index in [2.05, 4.69) is 15.6 Å². The number of carbonyl (C=O) groups excluding carboxylic acids is 2. The number of fused-ring (bicyclic) bond motifs is 1. The summed E-state index contributed by atoms with van der Waals surface area (Å²) in [6, 6.07) is 6.44. The standard InChI is InChI=1S/C21H24N4O6/c1-29-17-11-14-15(12-18(17)30-2)24-13-25(21(14)28)9-3-6-19(26)22-7-8-23-20(27)16-5-4-10-31-16/h4-5,10-13H,3,6-9H2,1-2H3,(H,22,26)(H,23,27). The number of rotatable bonds is 10. The van der Waals surface area contributed by atoms with Crippen LogP contribution in [0.1, 0.15) is 23.4 Å². The van der Waals surface area contributed by atoms with E-state index in [9.17, 15) is 14.4 Å². The molecule has 3 rings (SSSR count). The summed E-state index contributed by atoms with van der Waals surface area (Å²) in [6.07, 6.45) is 3.58. The first-order valence-corrected chi connectivity index (χ1v) is 9.73. The first-order valence-electron chi connectivity index (χ1n) is 9.73. The Balaban J connectivity index is 1.47. The van der Waals surface area contributed by atoms with Crippen LogP contribution in [0.15, 0.2) is 46.1 Å². The van der Waals surface area contributed by atoms with Crippen molar-refractivity contribution >= 4 is 22.7 Å². The highest BCUT2D eigenvalue weighted by molar-refractivity contribution is 5.91. The molecule has 3 aromatic rings. The molecule has 164 valence electrons. The third-order valence-corrected chi connectivity index (χ3v) is 4.61. The molecule has 2 heterocycles. The van der Waals surface area contributed by atoms with Crippen molar-refractivity contribution < 1.29 is 23.5 Å². The first-order chi connectivity index (χ1) is 15.0. The Morgan fingerprint density at radius 2 is 1.87 bits per heavy atom. The fourth-order valence-corrected chi connectivity index (χ4v) is 3.02. The molecule has 0 aliphatic rings. The summed E-state index contributed by atoms with van der Waals surface area (Å²) >= 11 is 0. The number of nitrogens with zero attached hydrogens (tertiary/aromatic N) is 2. The van der Waals surface area contributed by atoms with E-state index in [0.29, 0.717) is 41.9 Å². The average molecular weight is 428 g/mol. The summed E-state index contributed by atoms with van der Waals surface area (Å²) in [5, 5.41) is 5.78. The van der Waals surface area contributed by atoms with Crippen LogP contribution in [0.25, 0.3) is 10.9 Å². The third kappa shape index (κ3) is 5.41. The number of ether oxygens (including phenoxy) is 2. The van der Waals surface area contributed by atoms with Gasteiger partial charge in [0.15, 0.2) is 17.3 Å². The molecule has 0 bridgehead atoms. The molecule has 2 N–H and O–H groups in total. The molecule has 0 atom stereocenters. The molecule has 0 saturated carbocycles. The molecule has 0 saturated heterocycles. The van der Waals surface area contributed by atoms with Crippen LogP contribution in [0.5, 0.6) is 11.5 Å². The lowest BCUT2D eigenvalue weighted by Gasteiger charge is -2.10. The van der Waals surface area contributed by atoms with E-state index in [-0.39, 0.29) is 36.1 Å². The van der Waals surface area contributed by atoms with Crippen molar-refractivity contribution in [3.05, 3.63) is 53.0 Å². The fourth-order valence-electron chi connectivity index (χ4n) is 3.02. The van der Waals surface area contributed by atoms with E-state index in [1.54, 1.807) is 24.3 Å². The Hall–Kier alpha value is -3.82. The molecular formula is C21H24N4O6. The van der Waals surface area contributed by atoms with Gasteiger partial charge in [-0.15, -0.1) is 0 Å². The van der Waals surface area contributed by atoms with Crippen LogP contribution in [0, 0.1) is 0 Å². The molecular weight excluding hydrogens is 404 g/mol. The van der Waals surface area contributed by atoms with Crippen molar-refractivity contribution in [2.24, 2.45) is 0 Å². The molecule has 10 heteroatoms. The summed E-state index contributed by atoms with van der Waals surface area (Å²) < 4.78 is 16.9. The van der Waals surface area contributed by atoms with Gasteiger partial charge in [-0.05, 0) is 24.6 Å². The monoisotopic (exact) mass is 428 g/mol. The number of carbonyl (C=O) groups is 2. The lowest BCUT2D eigenvalue weighted by atomic mass is 10.2. The summed E-state index contributed by atoms with van der Waals surface area (Å²) in [7, 11) is 3.02. The highest BCUT2D eigenvalue weighted by Gasteiger charge is 2.12. The van der Waals surface area contributed by atoms with Gasteiger partial charge in [-0.25, -0.2) is 4.98 Å². The first kappa shape index (κ1) is 21.9. The van der Waals surface area contributed by atoms with Gasteiger partial charge in [-0.3, -0.25) is 19.0 Å². The number of hydrogen-bond acceptors (Lipinski definition) is 7. The Kier molecular flexibility index (Phi) is 7.26. The van der Waals surface area contributed by atoms with E-state index >= 15 is 0 Å². The highest BCUT2D eigenvalue weighted by Crippen LogP contribution is 2.29. The van der Waals surface area contributed by atoms with Crippen LogP contribution >= 0.6 is 0 Å². The van der Waals surface area contributed by atoms with E-state index in [4.69, 9.17) is 13.9 Å². The van der Waals surface area contributed by atoms with Crippen LogP contribution < -0.4 is 25.7 Å². The highest BCUT2D eigenvalue weighted by atomic mass is 16.5. The van der Waals surface area contributed by atoms with Gasteiger partial charge in [0.2, 0.25) is 5.91 Å². The van der Waals surface area contributed by atoms with Crippen LogP contribution in [-0.4, -0.2) is 48.7 Å². The minimum absolute atomic E-state index is 0.166. The average Bonchev–Trinajstić information content (AvgIpc) is 3.32. The van der Waals surface area contributed by atoms with Crippen molar-refractivity contribution in [1.82, 2.24) is 20.2 Å². The largest absolute Gasteiger partial charge is 0.493 e. The second-order valence-electron chi connectivity index (χ2n) is 6.65. The number of methoxy groups -OCH3 is 2. The smallest absolute Gasteiger partial charge is 0.287 e. The van der Waals surface area contributed by atoms with Gasteiger partial charge in [0.1, 0.15) is 0 Å². The number of nitrogens with one attached hydrogen (secondary N) is 2. The molecule has 0 radical (unpaired) electrons. The maximum absolute atomic E-state index is 12.7. The maximum atomic E-state index is 12.7. The number of aromatic nitrogens is 2. The zero-order valence-corrected chi connectivity index (χ0v) is 17.3. The van der Waals surface area contributed by atoms with Gasteiger partial charge in [-0.1, -0.05) is 0 Å². The van der Waals surface area contributed by atoms with Crippen LogP contribution in [0.2, 0.25) is 0 Å². The molecule has 0 aliphatic carbocycles. The summed E-state index contributed by atoms with van der Waals surface area (Å²) in [5.41, 5.74) is 0.292. The van der Waals surface area contributed by atoms with E-state index in [1.165, 1.54) is 31.4 Å². The van der Waals surface area contributed by atoms with Crippen molar-refractivity contribution in [1.29, 1.82) is 0 Å². The van der Waals surface area contributed by atoms with Gasteiger partial charge < -0.3 is 24.5 Å². The number of benzene rings is 1. The van der Waals surface area contributed by atoms with Gasteiger partial charge >= 0.3 is 0 Å². The zero-order valence-electron chi connectivity index (χ0n) is 17.3. The molecule has 10 nitrogen and oxygen atoms in total. The van der Waals surface area contributed by atoms with Gasteiger partial charge in [0, 0.05) is 32.1 Å². The SMILES string of the molecule is COc1cc2ncn(CCCC(=O)NCCNC(=O)c3ccco3)c(=O)c2cc1OC. The lowest BCUT2D eigenvalue weighted by Crippen LogP contribution is -2.34. The van der Waals surface area contributed by atoms with E-state index < -0.39 is 0 Å². The molecule has 0 unspecified atom stereocenters. The Bertz CT molecular complexity index is 1110. The number of hydrogen-bond donors (Lipinski definition) is 2. The van der Waals surface area contributed by atoms with Gasteiger partial charge in [-0.2, -0.15) is 0 Å². The summed E-state index contributed by atoms with van der Waals surface area (Å²) in [5.74, 6) is 0.663. The van der Waals surface area contributed by atoms with Crippen LogP contribution in [0.3, 0.4) is 0 Å². The molecule has 31 heavy (non-hydrogen) atoms. The molecule has 0 aliphatic heterocycles.